The average molecular weight is 888 g/mol. The molecule has 0 bridgehead atoms. The standard InChI is InChI=1S/C44H56F3N5O9S/c1-40(16-9-17-40)61-39(56)49-32-12-8-6-4-5-7-11-27-24-43(27,38(55)51-62(57)41(2)19-20-41)50-36(53)33-25-42(26-52(33)37(32)54)18-15-29-30-23-28(59-22-10-21-58-3)13-14-31(30)48-35(34(29)60-42)44(45,46)47/h7,11,13-14,23,27,32-33H,4-6,8-10,12,15-22,24-26H2,1-3H3,(H,49,56)(H,50,53)(H,51,55)/b11-7-/t27-,32+,33+,42-,43-,62?/m1/s1. The van der Waals surface area contributed by atoms with Gasteiger partial charge < -0.3 is 39.0 Å². The third-order valence-electron chi connectivity index (χ3n) is 13.6. The van der Waals surface area contributed by atoms with Crippen LogP contribution in [0.1, 0.15) is 115 Å². The van der Waals surface area contributed by atoms with Gasteiger partial charge in [-0.1, -0.05) is 25.0 Å². The lowest BCUT2D eigenvalue weighted by molar-refractivity contribution is -0.144. The number of nitrogens with zero attached hydrogens (tertiary/aromatic N) is 2. The first-order chi connectivity index (χ1) is 29.5. The van der Waals surface area contributed by atoms with E-state index in [1.54, 1.807) is 19.2 Å². The number of hydrogen-bond donors (Lipinski definition) is 3. The predicted molar refractivity (Wildman–Crippen MR) is 221 cm³/mol. The van der Waals surface area contributed by atoms with E-state index in [4.69, 9.17) is 18.9 Å². The zero-order valence-electron chi connectivity index (χ0n) is 35.5. The molecule has 6 aliphatic rings. The Morgan fingerprint density at radius 2 is 1.85 bits per heavy atom. The van der Waals surface area contributed by atoms with Gasteiger partial charge >= 0.3 is 12.3 Å². The van der Waals surface area contributed by atoms with Crippen LogP contribution in [0.4, 0.5) is 18.0 Å². The molecule has 1 aromatic heterocycles. The molecule has 3 aliphatic heterocycles. The highest BCUT2D eigenvalue weighted by Gasteiger charge is 2.64. The first-order valence-corrected chi connectivity index (χ1v) is 23.0. The maximum absolute atomic E-state index is 14.9. The van der Waals surface area contributed by atoms with E-state index < -0.39 is 92.3 Å². The van der Waals surface area contributed by atoms with Gasteiger partial charge in [0.2, 0.25) is 11.8 Å². The number of amides is 4. The van der Waals surface area contributed by atoms with Crippen molar-refractivity contribution in [2.24, 2.45) is 5.92 Å². The van der Waals surface area contributed by atoms with Crippen molar-refractivity contribution in [3.8, 4) is 11.5 Å². The highest BCUT2D eigenvalue weighted by Crippen LogP contribution is 2.51. The van der Waals surface area contributed by atoms with Crippen LogP contribution in [0.5, 0.6) is 11.5 Å². The number of fused-ring (bicyclic) bond motifs is 5. The van der Waals surface area contributed by atoms with Crippen LogP contribution in [0, 0.1) is 5.92 Å². The molecule has 2 aromatic rings. The van der Waals surface area contributed by atoms with E-state index in [1.807, 2.05) is 26.0 Å². The minimum absolute atomic E-state index is 0.0946. The fraction of sp³-hybridized carbons (Fsp3) is 0.659. The van der Waals surface area contributed by atoms with Crippen molar-refractivity contribution in [2.75, 3.05) is 26.9 Å². The summed E-state index contributed by atoms with van der Waals surface area (Å²) in [5.74, 6) is -2.38. The van der Waals surface area contributed by atoms with Crippen molar-refractivity contribution in [3.63, 3.8) is 0 Å². The normalized spacial score (nSPS) is 29.9. The molecule has 0 radical (unpaired) electrons. The molecule has 1 spiro atoms. The van der Waals surface area contributed by atoms with E-state index in [1.165, 1.54) is 11.0 Å². The Morgan fingerprint density at radius 1 is 1.06 bits per heavy atom. The first kappa shape index (κ1) is 44.3. The summed E-state index contributed by atoms with van der Waals surface area (Å²) in [5, 5.41) is 6.12. The summed E-state index contributed by atoms with van der Waals surface area (Å²) < 4.78 is 83.2. The molecule has 62 heavy (non-hydrogen) atoms. The maximum Gasteiger partial charge on any atom is 0.437 e. The number of aryl methyl sites for hydroxylation is 1. The molecule has 4 fully saturated rings. The van der Waals surface area contributed by atoms with E-state index in [-0.39, 0.29) is 49.7 Å². The van der Waals surface area contributed by atoms with Crippen LogP contribution in [0.2, 0.25) is 0 Å². The SMILES string of the molecule is COCCCOc1ccc2nc(C(F)(F)F)c3c(c2c1)CC[C@]1(C[C@H]2C(=O)N[C@]4(C(=O)N[S+]([O-])C5(C)CC5)C[C@H]4/C=C\CCCCC[C@H](NC(=O)OC4(C)CCC4)C(=O)N2C1)O3. The van der Waals surface area contributed by atoms with Crippen LogP contribution in [0.25, 0.3) is 10.9 Å². The predicted octanol–water partition coefficient (Wildman–Crippen LogP) is 6.10. The summed E-state index contributed by atoms with van der Waals surface area (Å²) in [4.78, 5) is 62.3. The number of halogens is 3. The highest BCUT2D eigenvalue weighted by atomic mass is 32.2. The zero-order chi connectivity index (χ0) is 44.1. The Kier molecular flexibility index (Phi) is 12.2. The minimum Gasteiger partial charge on any atom is -0.593 e. The summed E-state index contributed by atoms with van der Waals surface area (Å²) in [7, 11) is 1.58. The van der Waals surface area contributed by atoms with Crippen LogP contribution in [0.3, 0.4) is 0 Å². The molecule has 1 aromatic carbocycles. The van der Waals surface area contributed by atoms with Crippen LogP contribution < -0.4 is 24.8 Å². The number of methoxy groups -OCH3 is 1. The minimum atomic E-state index is -4.92. The van der Waals surface area contributed by atoms with E-state index in [0.717, 1.165) is 12.8 Å². The Balaban J connectivity index is 1.14. The monoisotopic (exact) mass is 887 g/mol. The average Bonchev–Trinajstić information content (AvgIpc) is 4.11. The Labute approximate surface area is 362 Å². The number of alkyl carbamates (subject to hydrolysis) is 1. The van der Waals surface area contributed by atoms with Gasteiger partial charge in [-0.15, -0.1) is 0 Å². The van der Waals surface area contributed by atoms with Gasteiger partial charge in [-0.05, 0) is 89.8 Å². The molecule has 8 rings (SSSR count). The van der Waals surface area contributed by atoms with Gasteiger partial charge in [-0.25, -0.2) is 9.78 Å². The van der Waals surface area contributed by atoms with Gasteiger partial charge in [0.05, 0.1) is 30.0 Å². The van der Waals surface area contributed by atoms with Crippen LogP contribution in [-0.2, 0) is 47.8 Å². The summed E-state index contributed by atoms with van der Waals surface area (Å²) in [5.41, 5.74) is -4.44. The number of nitrogens with one attached hydrogen (secondary N) is 3. The number of aromatic nitrogens is 1. The fourth-order valence-corrected chi connectivity index (χ4v) is 10.3. The second-order valence-corrected chi connectivity index (χ2v) is 20.2. The van der Waals surface area contributed by atoms with Gasteiger partial charge in [-0.3, -0.25) is 14.4 Å². The molecule has 14 nitrogen and oxygen atoms in total. The van der Waals surface area contributed by atoms with Crippen LogP contribution >= 0.6 is 0 Å². The lowest BCUT2D eigenvalue weighted by atomic mass is 9.82. The molecule has 1 saturated heterocycles. The van der Waals surface area contributed by atoms with Gasteiger partial charge in [0.25, 0.3) is 5.91 Å². The third-order valence-corrected chi connectivity index (χ3v) is 15.3. The quantitative estimate of drug-likeness (QED) is 0.143. The number of pyridine rings is 1. The van der Waals surface area contributed by atoms with Crippen molar-refractivity contribution in [1.82, 2.24) is 25.2 Å². The molecular weight excluding hydrogens is 832 g/mol. The lowest BCUT2D eigenvalue weighted by Crippen LogP contribution is -2.59. The van der Waals surface area contributed by atoms with Gasteiger partial charge in [0.15, 0.2) is 11.4 Å². The number of alkyl halides is 3. The smallest absolute Gasteiger partial charge is 0.437 e. The van der Waals surface area contributed by atoms with Gasteiger partial charge in [0, 0.05) is 56.3 Å². The second kappa shape index (κ2) is 17.0. The number of benzene rings is 1. The van der Waals surface area contributed by atoms with Crippen molar-refractivity contribution in [3.05, 3.63) is 41.6 Å². The first-order valence-electron chi connectivity index (χ1n) is 21.8. The summed E-state index contributed by atoms with van der Waals surface area (Å²) in [6, 6.07) is 2.25. The number of rotatable bonds is 10. The molecule has 3 N–H and O–H groups in total. The molecular formula is C44H56F3N5O9S. The van der Waals surface area contributed by atoms with Crippen molar-refractivity contribution in [1.29, 1.82) is 0 Å². The molecule has 1 unspecified atom stereocenters. The van der Waals surface area contributed by atoms with Crippen molar-refractivity contribution in [2.45, 2.75) is 150 Å². The molecule has 6 atom stereocenters. The molecule has 3 saturated carbocycles. The molecule has 4 amide bonds. The molecule has 338 valence electrons. The lowest BCUT2D eigenvalue weighted by Gasteiger charge is -2.38. The fourth-order valence-electron chi connectivity index (χ4n) is 9.24. The van der Waals surface area contributed by atoms with Crippen LogP contribution in [0.15, 0.2) is 30.4 Å². The summed E-state index contributed by atoms with van der Waals surface area (Å²) >= 11 is -1.70. The highest BCUT2D eigenvalue weighted by molar-refractivity contribution is 7.91. The Morgan fingerprint density at radius 3 is 2.56 bits per heavy atom. The number of allylic oxidation sites excluding steroid dienone is 1. The molecule has 4 heterocycles. The topological polar surface area (TPSA) is 180 Å². The van der Waals surface area contributed by atoms with Gasteiger partial charge in [0.1, 0.15) is 39.3 Å². The summed E-state index contributed by atoms with van der Waals surface area (Å²) in [6.07, 6.45) is 5.55. The Hall–Kier alpha value is -4.29. The zero-order valence-corrected chi connectivity index (χ0v) is 36.3. The largest absolute Gasteiger partial charge is 0.593 e. The molecule has 3 aliphatic carbocycles. The molecule has 18 heteroatoms. The maximum atomic E-state index is 14.9. The second-order valence-electron chi connectivity index (χ2n) is 18.5. The van der Waals surface area contributed by atoms with Gasteiger partial charge in [-0.2, -0.15) is 17.9 Å². The number of carbonyl (C=O) groups is 4. The van der Waals surface area contributed by atoms with E-state index >= 15 is 0 Å². The van der Waals surface area contributed by atoms with E-state index in [2.05, 4.69) is 20.3 Å². The number of carbonyl (C=O) groups excluding carboxylic acids is 4. The van der Waals surface area contributed by atoms with E-state index in [0.29, 0.717) is 75.7 Å². The number of hydrogen-bond acceptors (Lipinski definition) is 10. The third kappa shape index (κ3) is 9.05. The van der Waals surface area contributed by atoms with Crippen molar-refractivity contribution >= 4 is 46.1 Å². The number of ether oxygens (including phenoxy) is 4. The summed E-state index contributed by atoms with van der Waals surface area (Å²) in [6.45, 7) is 4.16. The Bertz CT molecular complexity index is 2110. The van der Waals surface area contributed by atoms with Crippen LogP contribution in [-0.4, -0.2) is 98.7 Å². The van der Waals surface area contributed by atoms with E-state index in [9.17, 15) is 36.9 Å². The van der Waals surface area contributed by atoms with Crippen molar-refractivity contribution < 1.29 is 55.8 Å².